The van der Waals surface area contributed by atoms with Crippen molar-refractivity contribution >= 4 is 0 Å². The average molecular weight is 181 g/mol. The predicted octanol–water partition coefficient (Wildman–Crippen LogP) is 1.69. The van der Waals surface area contributed by atoms with Gasteiger partial charge in [-0.2, -0.15) is 0 Å². The lowest BCUT2D eigenvalue weighted by atomic mass is 10.2. The van der Waals surface area contributed by atoms with Crippen molar-refractivity contribution in [2.45, 2.75) is 13.2 Å². The number of para-hydroxylation sites is 1. The van der Waals surface area contributed by atoms with E-state index >= 15 is 0 Å². The van der Waals surface area contributed by atoms with E-state index in [9.17, 15) is 0 Å². The van der Waals surface area contributed by atoms with Crippen LogP contribution in [0.1, 0.15) is 18.7 Å². The van der Waals surface area contributed by atoms with Crippen molar-refractivity contribution in [3.8, 4) is 5.75 Å². The Balaban J connectivity index is 2.85. The number of hydrogen-bond donors (Lipinski definition) is 1. The molecule has 0 radical (unpaired) electrons. The standard InChI is InChI=1S/C10H15NO2/c1-3-13-10(11)8-6-4-5-7-9(8)12-2/h4-7,10H,3,11H2,1-2H3. The van der Waals surface area contributed by atoms with Gasteiger partial charge in [-0.1, -0.05) is 18.2 Å². The molecule has 0 aromatic heterocycles. The van der Waals surface area contributed by atoms with Crippen LogP contribution < -0.4 is 10.5 Å². The zero-order valence-electron chi connectivity index (χ0n) is 7.99. The molecule has 1 aromatic carbocycles. The molecule has 72 valence electrons. The van der Waals surface area contributed by atoms with Crippen LogP contribution in [0.2, 0.25) is 0 Å². The summed E-state index contributed by atoms with van der Waals surface area (Å²) in [6.07, 6.45) is -0.402. The second-order valence-corrected chi connectivity index (χ2v) is 2.62. The molecule has 0 saturated heterocycles. The van der Waals surface area contributed by atoms with Crippen molar-refractivity contribution < 1.29 is 9.47 Å². The van der Waals surface area contributed by atoms with Gasteiger partial charge in [-0.15, -0.1) is 0 Å². The van der Waals surface area contributed by atoms with Gasteiger partial charge in [0.15, 0.2) is 0 Å². The monoisotopic (exact) mass is 181 g/mol. The van der Waals surface area contributed by atoms with Gasteiger partial charge in [0.1, 0.15) is 12.0 Å². The summed E-state index contributed by atoms with van der Waals surface area (Å²) >= 11 is 0. The molecule has 3 heteroatoms. The van der Waals surface area contributed by atoms with Gasteiger partial charge < -0.3 is 15.2 Å². The highest BCUT2D eigenvalue weighted by molar-refractivity contribution is 5.34. The lowest BCUT2D eigenvalue weighted by molar-refractivity contribution is 0.0656. The molecule has 0 heterocycles. The number of benzene rings is 1. The molecule has 0 saturated carbocycles. The molecule has 13 heavy (non-hydrogen) atoms. The van der Waals surface area contributed by atoms with Gasteiger partial charge in [0, 0.05) is 12.2 Å². The van der Waals surface area contributed by atoms with Gasteiger partial charge in [0.2, 0.25) is 0 Å². The van der Waals surface area contributed by atoms with E-state index in [0.717, 1.165) is 11.3 Å². The topological polar surface area (TPSA) is 44.5 Å². The maximum atomic E-state index is 5.78. The van der Waals surface area contributed by atoms with Crippen LogP contribution in [0, 0.1) is 0 Å². The summed E-state index contributed by atoms with van der Waals surface area (Å²) in [7, 11) is 1.62. The van der Waals surface area contributed by atoms with E-state index < -0.39 is 6.23 Å². The van der Waals surface area contributed by atoms with Crippen LogP contribution in [0.25, 0.3) is 0 Å². The average Bonchev–Trinajstić information content (AvgIpc) is 2.18. The fourth-order valence-corrected chi connectivity index (χ4v) is 1.17. The predicted molar refractivity (Wildman–Crippen MR) is 51.5 cm³/mol. The largest absolute Gasteiger partial charge is 0.496 e. The van der Waals surface area contributed by atoms with Gasteiger partial charge in [0.05, 0.1) is 7.11 Å². The summed E-state index contributed by atoms with van der Waals surface area (Å²) < 4.78 is 10.4. The SMILES string of the molecule is CCOC(N)c1ccccc1OC. The van der Waals surface area contributed by atoms with E-state index in [-0.39, 0.29) is 0 Å². The van der Waals surface area contributed by atoms with Crippen LogP contribution in [-0.4, -0.2) is 13.7 Å². The summed E-state index contributed by atoms with van der Waals surface area (Å²) in [5.74, 6) is 0.767. The van der Waals surface area contributed by atoms with Crippen LogP contribution >= 0.6 is 0 Å². The Hall–Kier alpha value is -1.06. The minimum atomic E-state index is -0.402. The third-order valence-electron chi connectivity index (χ3n) is 1.79. The number of rotatable bonds is 4. The third kappa shape index (κ3) is 2.44. The molecule has 3 nitrogen and oxygen atoms in total. The van der Waals surface area contributed by atoms with E-state index in [4.69, 9.17) is 15.2 Å². The van der Waals surface area contributed by atoms with Crippen molar-refractivity contribution in [2.75, 3.05) is 13.7 Å². The van der Waals surface area contributed by atoms with Gasteiger partial charge >= 0.3 is 0 Å². The smallest absolute Gasteiger partial charge is 0.135 e. The zero-order chi connectivity index (χ0) is 9.68. The van der Waals surface area contributed by atoms with Crippen LogP contribution in [-0.2, 0) is 4.74 Å². The molecule has 2 N–H and O–H groups in total. The normalized spacial score (nSPS) is 12.5. The maximum Gasteiger partial charge on any atom is 0.135 e. The molecule has 1 aromatic rings. The van der Waals surface area contributed by atoms with Crippen molar-refractivity contribution in [3.05, 3.63) is 29.8 Å². The minimum absolute atomic E-state index is 0.402. The molecule has 1 atom stereocenters. The first-order valence-electron chi connectivity index (χ1n) is 4.29. The second-order valence-electron chi connectivity index (χ2n) is 2.62. The van der Waals surface area contributed by atoms with Crippen molar-refractivity contribution in [1.82, 2.24) is 0 Å². The molecular weight excluding hydrogens is 166 g/mol. The fraction of sp³-hybridized carbons (Fsp3) is 0.400. The number of methoxy groups -OCH3 is 1. The lowest BCUT2D eigenvalue weighted by Gasteiger charge is -2.14. The quantitative estimate of drug-likeness (QED) is 0.719. The molecule has 0 aliphatic heterocycles. The van der Waals surface area contributed by atoms with Crippen LogP contribution in [0.3, 0.4) is 0 Å². The number of nitrogens with two attached hydrogens (primary N) is 1. The summed E-state index contributed by atoms with van der Waals surface area (Å²) in [5.41, 5.74) is 6.66. The van der Waals surface area contributed by atoms with Crippen LogP contribution in [0.15, 0.2) is 24.3 Å². The fourth-order valence-electron chi connectivity index (χ4n) is 1.17. The number of hydrogen-bond acceptors (Lipinski definition) is 3. The van der Waals surface area contributed by atoms with Crippen molar-refractivity contribution in [1.29, 1.82) is 0 Å². The molecule has 0 fully saturated rings. The Labute approximate surface area is 78.5 Å². The van der Waals surface area contributed by atoms with Crippen molar-refractivity contribution in [3.63, 3.8) is 0 Å². The molecule has 1 rings (SSSR count). The zero-order valence-corrected chi connectivity index (χ0v) is 7.99. The van der Waals surface area contributed by atoms with E-state index in [0.29, 0.717) is 6.61 Å². The highest BCUT2D eigenvalue weighted by atomic mass is 16.5. The van der Waals surface area contributed by atoms with E-state index in [1.165, 1.54) is 0 Å². The number of ether oxygens (including phenoxy) is 2. The Morgan fingerprint density at radius 1 is 1.38 bits per heavy atom. The molecule has 1 unspecified atom stereocenters. The van der Waals surface area contributed by atoms with Gasteiger partial charge in [0.25, 0.3) is 0 Å². The molecule has 0 amide bonds. The first kappa shape index (κ1) is 10.0. The van der Waals surface area contributed by atoms with E-state index in [2.05, 4.69) is 0 Å². The second kappa shape index (κ2) is 4.84. The van der Waals surface area contributed by atoms with Gasteiger partial charge in [-0.25, -0.2) is 0 Å². The summed E-state index contributed by atoms with van der Waals surface area (Å²) in [5, 5.41) is 0. The Kier molecular flexibility index (Phi) is 3.73. The van der Waals surface area contributed by atoms with Gasteiger partial charge in [-0.3, -0.25) is 0 Å². The highest BCUT2D eigenvalue weighted by Crippen LogP contribution is 2.23. The van der Waals surface area contributed by atoms with Gasteiger partial charge in [-0.05, 0) is 13.0 Å². The van der Waals surface area contributed by atoms with E-state index in [1.807, 2.05) is 31.2 Å². The lowest BCUT2D eigenvalue weighted by Crippen LogP contribution is -2.15. The molecular formula is C10H15NO2. The highest BCUT2D eigenvalue weighted by Gasteiger charge is 2.09. The minimum Gasteiger partial charge on any atom is -0.496 e. The summed E-state index contributed by atoms with van der Waals surface area (Å²) in [4.78, 5) is 0. The summed E-state index contributed by atoms with van der Waals surface area (Å²) in [6.45, 7) is 2.51. The Bertz CT molecular complexity index is 263. The third-order valence-corrected chi connectivity index (χ3v) is 1.79. The molecule has 0 aliphatic rings. The van der Waals surface area contributed by atoms with Crippen molar-refractivity contribution in [2.24, 2.45) is 5.73 Å². The van der Waals surface area contributed by atoms with E-state index in [1.54, 1.807) is 7.11 Å². The van der Waals surface area contributed by atoms with Crippen LogP contribution in [0.4, 0.5) is 0 Å². The van der Waals surface area contributed by atoms with Crippen LogP contribution in [0.5, 0.6) is 5.75 Å². The molecule has 0 aliphatic carbocycles. The Morgan fingerprint density at radius 3 is 2.69 bits per heavy atom. The first-order chi connectivity index (χ1) is 6.29. The molecule has 0 spiro atoms. The summed E-state index contributed by atoms with van der Waals surface area (Å²) in [6, 6.07) is 7.59. The molecule has 0 bridgehead atoms. The first-order valence-corrected chi connectivity index (χ1v) is 4.29. The maximum absolute atomic E-state index is 5.78. The Morgan fingerprint density at radius 2 is 2.08 bits per heavy atom.